The highest BCUT2D eigenvalue weighted by Gasteiger charge is 2.21. The summed E-state index contributed by atoms with van der Waals surface area (Å²) in [5.41, 5.74) is 1.79. The minimum atomic E-state index is -0.783. The van der Waals surface area contributed by atoms with E-state index in [1.807, 2.05) is 30.3 Å². The van der Waals surface area contributed by atoms with Gasteiger partial charge in [-0.25, -0.2) is 0 Å². The fourth-order valence-corrected chi connectivity index (χ4v) is 3.82. The average Bonchev–Trinajstić information content (AvgIpc) is 3.08. The van der Waals surface area contributed by atoms with Gasteiger partial charge in [-0.2, -0.15) is 0 Å². The van der Waals surface area contributed by atoms with Crippen molar-refractivity contribution in [2.24, 2.45) is 0 Å². The Morgan fingerprint density at radius 2 is 2.00 bits per heavy atom. The maximum Gasteiger partial charge on any atom is 0.268 e. The summed E-state index contributed by atoms with van der Waals surface area (Å²) in [6, 6.07) is 10.5. The number of thiophene rings is 1. The molecule has 4 nitrogen and oxygen atoms in total. The van der Waals surface area contributed by atoms with E-state index in [0.29, 0.717) is 20.6 Å². The molecule has 0 spiro atoms. The lowest BCUT2D eigenvalue weighted by Gasteiger charge is -2.20. The number of nitrogens with one attached hydrogen (secondary N) is 2. The number of hydrogen-bond acceptors (Lipinski definition) is 3. The fraction of sp³-hybridized carbons (Fsp3) is 0.188. The highest BCUT2D eigenvalue weighted by atomic mass is 35.5. The lowest BCUT2D eigenvalue weighted by molar-refractivity contribution is 0.0848. The normalized spacial score (nSPS) is 13.9. The summed E-state index contributed by atoms with van der Waals surface area (Å²) in [6.45, 7) is 1.75. The van der Waals surface area contributed by atoms with Gasteiger partial charge in [0, 0.05) is 0 Å². The molecule has 3 N–H and O–H groups in total. The van der Waals surface area contributed by atoms with E-state index in [1.54, 1.807) is 13.0 Å². The van der Waals surface area contributed by atoms with Crippen molar-refractivity contribution in [3.63, 3.8) is 0 Å². The van der Waals surface area contributed by atoms with E-state index in [9.17, 15) is 9.90 Å². The molecule has 1 amide bonds. The third kappa shape index (κ3) is 3.23. The number of H-pyrrole nitrogens is 1. The van der Waals surface area contributed by atoms with E-state index in [-0.39, 0.29) is 5.91 Å². The first-order valence-electron chi connectivity index (χ1n) is 6.97. The largest absolute Gasteiger partial charge is 0.386 e. The maximum absolute atomic E-state index is 12.3. The molecule has 0 aliphatic carbocycles. The van der Waals surface area contributed by atoms with Crippen molar-refractivity contribution in [1.29, 1.82) is 0 Å². The first-order valence-corrected chi connectivity index (χ1v) is 8.55. The molecule has 1 aromatic carbocycles. The van der Waals surface area contributed by atoms with E-state index in [0.717, 1.165) is 10.3 Å². The van der Waals surface area contributed by atoms with Crippen LogP contribution in [0.15, 0.2) is 36.4 Å². The molecule has 23 heavy (non-hydrogen) atoms. The molecule has 3 aromatic rings. The van der Waals surface area contributed by atoms with Gasteiger partial charge in [0.2, 0.25) is 0 Å². The Labute approximate surface area is 147 Å². The Balaban J connectivity index is 1.74. The van der Waals surface area contributed by atoms with Gasteiger partial charge in [0.1, 0.15) is 10.0 Å². The fourth-order valence-electron chi connectivity index (χ4n) is 2.34. The van der Waals surface area contributed by atoms with Gasteiger partial charge in [-0.05, 0) is 18.6 Å². The molecule has 0 saturated carbocycles. The Morgan fingerprint density at radius 1 is 1.30 bits per heavy atom. The molecular weight excluding hydrogens is 355 g/mol. The standard InChI is InChI=1S/C16H14Cl2N2O2S/c1-8(14(21)9-5-3-2-4-6-9)19-16(22)10-7-11-13(20-10)12(17)15(18)23-11/h2-8,14,20-21H,1H3,(H,19,22). The second-order valence-electron chi connectivity index (χ2n) is 5.23. The molecule has 120 valence electrons. The number of rotatable bonds is 4. The lowest BCUT2D eigenvalue weighted by atomic mass is 10.0. The van der Waals surface area contributed by atoms with Gasteiger partial charge in [0.25, 0.3) is 5.91 Å². The van der Waals surface area contributed by atoms with Crippen LogP contribution in [0.3, 0.4) is 0 Å². The second kappa shape index (κ2) is 6.53. The van der Waals surface area contributed by atoms with Crippen LogP contribution < -0.4 is 5.32 Å². The molecule has 2 aromatic heterocycles. The van der Waals surface area contributed by atoms with Crippen LogP contribution in [0.25, 0.3) is 10.2 Å². The number of benzene rings is 1. The van der Waals surface area contributed by atoms with Crippen LogP contribution in [-0.2, 0) is 0 Å². The molecule has 0 fully saturated rings. The molecule has 0 saturated heterocycles. The summed E-state index contributed by atoms with van der Waals surface area (Å²) in [5, 5.41) is 13.5. The number of halogens is 2. The predicted octanol–water partition coefficient (Wildman–Crippen LogP) is 4.39. The number of fused-ring (bicyclic) bond motifs is 1. The van der Waals surface area contributed by atoms with Gasteiger partial charge in [-0.1, -0.05) is 53.5 Å². The molecule has 7 heteroatoms. The van der Waals surface area contributed by atoms with E-state index in [4.69, 9.17) is 23.2 Å². The van der Waals surface area contributed by atoms with Crippen molar-refractivity contribution < 1.29 is 9.90 Å². The van der Waals surface area contributed by atoms with Crippen LogP contribution in [0, 0.1) is 0 Å². The molecular formula is C16H14Cl2N2O2S. The van der Waals surface area contributed by atoms with Crippen molar-refractivity contribution in [3.05, 3.63) is 57.0 Å². The van der Waals surface area contributed by atoms with Gasteiger partial charge >= 0.3 is 0 Å². The van der Waals surface area contributed by atoms with Crippen molar-refractivity contribution >= 4 is 50.7 Å². The molecule has 2 unspecified atom stereocenters. The number of carbonyl (C=O) groups excluding carboxylic acids is 1. The first kappa shape index (κ1) is 16.3. The van der Waals surface area contributed by atoms with E-state index in [1.165, 1.54) is 11.3 Å². The second-order valence-corrected chi connectivity index (χ2v) is 7.26. The van der Waals surface area contributed by atoms with Crippen LogP contribution in [0.2, 0.25) is 9.36 Å². The molecule has 0 aliphatic rings. The van der Waals surface area contributed by atoms with Crippen molar-refractivity contribution in [3.8, 4) is 0 Å². The summed E-state index contributed by atoms with van der Waals surface area (Å²) in [6.07, 6.45) is -0.783. The quantitative estimate of drug-likeness (QED) is 0.639. The maximum atomic E-state index is 12.3. The van der Waals surface area contributed by atoms with Crippen molar-refractivity contribution in [2.45, 2.75) is 19.1 Å². The highest BCUT2D eigenvalue weighted by molar-refractivity contribution is 7.23. The first-order chi connectivity index (χ1) is 11.0. The van der Waals surface area contributed by atoms with Crippen LogP contribution in [-0.4, -0.2) is 22.0 Å². The van der Waals surface area contributed by atoms with Crippen LogP contribution >= 0.6 is 34.5 Å². The summed E-state index contributed by atoms with van der Waals surface area (Å²) >= 11 is 13.3. The van der Waals surface area contributed by atoms with Crippen LogP contribution in [0.4, 0.5) is 0 Å². The number of amides is 1. The summed E-state index contributed by atoms with van der Waals surface area (Å²) in [7, 11) is 0. The van der Waals surface area contributed by atoms with E-state index >= 15 is 0 Å². The topological polar surface area (TPSA) is 65.1 Å². The number of aromatic nitrogens is 1. The zero-order valence-corrected chi connectivity index (χ0v) is 14.5. The van der Waals surface area contributed by atoms with Gasteiger partial charge in [0.05, 0.1) is 27.4 Å². The third-order valence-electron chi connectivity index (χ3n) is 3.59. The Bertz CT molecular complexity index is 845. The van der Waals surface area contributed by atoms with Crippen molar-refractivity contribution in [2.75, 3.05) is 0 Å². The summed E-state index contributed by atoms with van der Waals surface area (Å²) < 4.78 is 1.31. The SMILES string of the molecule is CC(NC(=O)c1cc2sc(Cl)c(Cl)c2[nH]1)C(O)c1ccccc1. The number of carbonyl (C=O) groups is 1. The highest BCUT2D eigenvalue weighted by Crippen LogP contribution is 2.38. The molecule has 0 bridgehead atoms. The number of aliphatic hydroxyl groups excluding tert-OH is 1. The van der Waals surface area contributed by atoms with Gasteiger partial charge in [0.15, 0.2) is 0 Å². The van der Waals surface area contributed by atoms with Gasteiger partial charge < -0.3 is 15.4 Å². The average molecular weight is 369 g/mol. The monoisotopic (exact) mass is 368 g/mol. The zero-order chi connectivity index (χ0) is 16.6. The van der Waals surface area contributed by atoms with Crippen LogP contribution in [0.5, 0.6) is 0 Å². The minimum absolute atomic E-state index is 0.303. The van der Waals surface area contributed by atoms with Crippen LogP contribution in [0.1, 0.15) is 29.1 Å². The van der Waals surface area contributed by atoms with E-state index in [2.05, 4.69) is 10.3 Å². The number of aromatic amines is 1. The Kier molecular flexibility index (Phi) is 4.64. The lowest BCUT2D eigenvalue weighted by Crippen LogP contribution is -2.37. The van der Waals surface area contributed by atoms with Crippen molar-refractivity contribution in [1.82, 2.24) is 10.3 Å². The predicted molar refractivity (Wildman–Crippen MR) is 94.5 cm³/mol. The molecule has 0 aliphatic heterocycles. The van der Waals surface area contributed by atoms with Gasteiger partial charge in [-0.15, -0.1) is 11.3 Å². The molecule has 2 heterocycles. The van der Waals surface area contributed by atoms with E-state index < -0.39 is 12.1 Å². The third-order valence-corrected chi connectivity index (χ3v) is 5.52. The molecule has 2 atom stereocenters. The molecule has 0 radical (unpaired) electrons. The Hall–Kier alpha value is -1.53. The number of aliphatic hydroxyl groups is 1. The smallest absolute Gasteiger partial charge is 0.268 e. The summed E-state index contributed by atoms with van der Waals surface area (Å²) in [4.78, 5) is 15.3. The number of hydrogen-bond donors (Lipinski definition) is 3. The molecule has 3 rings (SSSR count). The summed E-state index contributed by atoms with van der Waals surface area (Å²) in [5.74, 6) is -0.303. The zero-order valence-electron chi connectivity index (χ0n) is 12.1. The Morgan fingerprint density at radius 3 is 2.65 bits per heavy atom. The van der Waals surface area contributed by atoms with Gasteiger partial charge in [-0.3, -0.25) is 4.79 Å². The minimum Gasteiger partial charge on any atom is -0.386 e.